The fourth-order valence-electron chi connectivity index (χ4n) is 1.31. The van der Waals surface area contributed by atoms with Crippen molar-refractivity contribution in [3.63, 3.8) is 0 Å². The predicted octanol–water partition coefficient (Wildman–Crippen LogP) is 2.09. The number of rotatable bonds is 6. The molecule has 0 bridgehead atoms. The monoisotopic (exact) mass is 274 g/mol. The summed E-state index contributed by atoms with van der Waals surface area (Å²) in [5.41, 5.74) is -0.883. The summed E-state index contributed by atoms with van der Waals surface area (Å²) in [6.07, 6.45) is -0.611. The summed E-state index contributed by atoms with van der Waals surface area (Å²) in [6, 6.07) is 4.79. The lowest BCUT2D eigenvalue weighted by Crippen LogP contribution is -2.24. The second kappa shape index (κ2) is 7.02. The first-order chi connectivity index (χ1) is 8.95. The number of aliphatic hydroxyl groups excluding tert-OH is 1. The van der Waals surface area contributed by atoms with Gasteiger partial charge in [0.05, 0.1) is 12.2 Å². The third kappa shape index (κ3) is 5.20. The maximum atomic E-state index is 12.6. The molecule has 1 unspecified atom stereocenters. The number of hydrogen-bond acceptors (Lipinski definition) is 3. The maximum Gasteiger partial charge on any atom is 0.419 e. The second-order valence-corrected chi connectivity index (χ2v) is 3.68. The van der Waals surface area contributed by atoms with Gasteiger partial charge >= 0.3 is 6.18 Å². The van der Waals surface area contributed by atoms with Crippen LogP contribution in [0.5, 0.6) is 5.75 Å². The van der Waals surface area contributed by atoms with Gasteiger partial charge in [-0.2, -0.15) is 13.2 Å². The van der Waals surface area contributed by atoms with Crippen molar-refractivity contribution in [2.45, 2.75) is 12.3 Å². The molecule has 0 aromatic heterocycles. The van der Waals surface area contributed by atoms with Crippen molar-refractivity contribution < 1.29 is 27.8 Å². The van der Waals surface area contributed by atoms with Gasteiger partial charge in [0.15, 0.2) is 0 Å². The Morgan fingerprint density at radius 1 is 1.26 bits per heavy atom. The lowest BCUT2D eigenvalue weighted by Gasteiger charge is -2.16. The van der Waals surface area contributed by atoms with E-state index in [2.05, 4.69) is 5.92 Å². The topological polar surface area (TPSA) is 38.7 Å². The van der Waals surface area contributed by atoms with Crippen molar-refractivity contribution in [3.8, 4) is 18.1 Å². The highest BCUT2D eigenvalue weighted by Crippen LogP contribution is 2.35. The quantitative estimate of drug-likeness (QED) is 0.637. The Bertz CT molecular complexity index is 437. The van der Waals surface area contributed by atoms with Crippen molar-refractivity contribution in [1.82, 2.24) is 0 Å². The summed E-state index contributed by atoms with van der Waals surface area (Å²) in [5, 5.41) is 9.43. The number of benzene rings is 1. The van der Waals surface area contributed by atoms with E-state index in [4.69, 9.17) is 15.9 Å². The number of terminal acetylenes is 1. The van der Waals surface area contributed by atoms with Crippen molar-refractivity contribution in [3.05, 3.63) is 29.8 Å². The van der Waals surface area contributed by atoms with E-state index in [9.17, 15) is 18.3 Å². The zero-order valence-corrected chi connectivity index (χ0v) is 9.98. The first-order valence-corrected chi connectivity index (χ1v) is 5.43. The molecule has 3 nitrogen and oxygen atoms in total. The fraction of sp³-hybridized carbons (Fsp3) is 0.385. The van der Waals surface area contributed by atoms with E-state index in [0.717, 1.165) is 6.07 Å². The number of para-hydroxylation sites is 1. The number of aliphatic hydroxyl groups is 1. The van der Waals surface area contributed by atoms with Crippen LogP contribution in [-0.4, -0.2) is 31.0 Å². The van der Waals surface area contributed by atoms with Gasteiger partial charge in [0.25, 0.3) is 0 Å². The third-order valence-corrected chi connectivity index (χ3v) is 2.12. The van der Waals surface area contributed by atoms with E-state index in [1.165, 1.54) is 18.2 Å². The molecule has 0 aliphatic heterocycles. The van der Waals surface area contributed by atoms with E-state index in [0.29, 0.717) is 0 Å². The minimum absolute atomic E-state index is 0.0240. The summed E-state index contributed by atoms with van der Waals surface area (Å²) in [6.45, 7) is -0.383. The second-order valence-electron chi connectivity index (χ2n) is 3.68. The Hall–Kier alpha value is -1.71. The van der Waals surface area contributed by atoms with Gasteiger partial charge in [-0.1, -0.05) is 18.1 Å². The Balaban J connectivity index is 2.56. The molecule has 6 heteroatoms. The van der Waals surface area contributed by atoms with Crippen LogP contribution in [0.25, 0.3) is 0 Å². The molecule has 1 aromatic carbocycles. The van der Waals surface area contributed by atoms with E-state index >= 15 is 0 Å². The zero-order valence-electron chi connectivity index (χ0n) is 9.98. The first-order valence-electron chi connectivity index (χ1n) is 5.43. The van der Waals surface area contributed by atoms with Crippen molar-refractivity contribution in [1.29, 1.82) is 0 Å². The molecule has 0 fully saturated rings. The molecule has 0 heterocycles. The molecule has 104 valence electrons. The van der Waals surface area contributed by atoms with Gasteiger partial charge in [0.1, 0.15) is 25.1 Å². The lowest BCUT2D eigenvalue weighted by molar-refractivity contribution is -0.139. The zero-order chi connectivity index (χ0) is 14.3. The standard InChI is InChI=1S/C13H13F3O3/c1-2-7-18-8-10(17)9-19-12-6-4-3-5-11(12)13(14,15)16/h1,3-6,10,17H,7-9H2. The fourth-order valence-corrected chi connectivity index (χ4v) is 1.31. The maximum absolute atomic E-state index is 12.6. The molecule has 0 aliphatic rings. The molecular weight excluding hydrogens is 261 g/mol. The van der Waals surface area contributed by atoms with Crippen LogP contribution in [0.1, 0.15) is 5.56 Å². The van der Waals surface area contributed by atoms with Crippen LogP contribution in [0.4, 0.5) is 13.2 Å². The summed E-state index contributed by atoms with van der Waals surface area (Å²) in [5.74, 6) is 1.88. The van der Waals surface area contributed by atoms with Crippen LogP contribution in [0.3, 0.4) is 0 Å². The Kier molecular flexibility index (Phi) is 5.67. The van der Waals surface area contributed by atoms with Crippen molar-refractivity contribution in [2.75, 3.05) is 19.8 Å². The highest BCUT2D eigenvalue weighted by atomic mass is 19.4. The molecule has 0 saturated carbocycles. The van der Waals surface area contributed by atoms with Gasteiger partial charge in [-0.15, -0.1) is 6.42 Å². The molecule has 19 heavy (non-hydrogen) atoms. The number of hydrogen-bond donors (Lipinski definition) is 1. The first kappa shape index (κ1) is 15.3. The van der Waals surface area contributed by atoms with Crippen LogP contribution in [0.2, 0.25) is 0 Å². The summed E-state index contributed by atoms with van der Waals surface area (Å²) >= 11 is 0. The molecule has 0 saturated heterocycles. The smallest absolute Gasteiger partial charge is 0.419 e. The van der Waals surface area contributed by atoms with Crippen molar-refractivity contribution >= 4 is 0 Å². The molecule has 0 spiro atoms. The highest BCUT2D eigenvalue weighted by Gasteiger charge is 2.34. The molecular formula is C13H13F3O3. The minimum Gasteiger partial charge on any atom is -0.490 e. The molecule has 0 amide bonds. The predicted molar refractivity (Wildman–Crippen MR) is 62.6 cm³/mol. The van der Waals surface area contributed by atoms with Gasteiger partial charge in [0.2, 0.25) is 0 Å². The van der Waals surface area contributed by atoms with Crippen LogP contribution in [0, 0.1) is 12.3 Å². The summed E-state index contributed by atoms with van der Waals surface area (Å²) in [7, 11) is 0. The largest absolute Gasteiger partial charge is 0.490 e. The Morgan fingerprint density at radius 3 is 2.58 bits per heavy atom. The number of halogens is 3. The van der Waals surface area contributed by atoms with Crippen LogP contribution < -0.4 is 4.74 Å². The number of alkyl halides is 3. The SMILES string of the molecule is C#CCOCC(O)COc1ccccc1C(F)(F)F. The Morgan fingerprint density at radius 2 is 1.95 bits per heavy atom. The van der Waals surface area contributed by atoms with Gasteiger partial charge in [0, 0.05) is 0 Å². The molecule has 0 aliphatic carbocycles. The number of ether oxygens (including phenoxy) is 2. The Labute approximate surface area is 109 Å². The van der Waals surface area contributed by atoms with E-state index in [-0.39, 0.29) is 25.6 Å². The van der Waals surface area contributed by atoms with E-state index in [1.54, 1.807) is 0 Å². The average molecular weight is 274 g/mol. The minimum atomic E-state index is -4.50. The molecule has 1 atom stereocenters. The van der Waals surface area contributed by atoms with Crippen molar-refractivity contribution in [2.24, 2.45) is 0 Å². The molecule has 1 N–H and O–H groups in total. The molecule has 0 radical (unpaired) electrons. The van der Waals surface area contributed by atoms with Crippen LogP contribution in [0.15, 0.2) is 24.3 Å². The van der Waals surface area contributed by atoms with Gasteiger partial charge in [-0.3, -0.25) is 0 Å². The van der Waals surface area contributed by atoms with Gasteiger partial charge in [-0.05, 0) is 12.1 Å². The summed E-state index contributed by atoms with van der Waals surface area (Å²) in [4.78, 5) is 0. The normalized spacial score (nSPS) is 12.8. The highest BCUT2D eigenvalue weighted by molar-refractivity contribution is 5.35. The molecule has 1 rings (SSSR count). The van der Waals surface area contributed by atoms with E-state index in [1.807, 2.05) is 0 Å². The molecule has 1 aromatic rings. The third-order valence-electron chi connectivity index (χ3n) is 2.12. The van der Waals surface area contributed by atoms with E-state index < -0.39 is 17.8 Å². The average Bonchev–Trinajstić information content (AvgIpc) is 2.36. The summed E-state index contributed by atoms with van der Waals surface area (Å²) < 4.78 is 47.7. The van der Waals surface area contributed by atoms with Crippen LogP contribution >= 0.6 is 0 Å². The van der Waals surface area contributed by atoms with Gasteiger partial charge in [-0.25, -0.2) is 0 Å². The lowest BCUT2D eigenvalue weighted by atomic mass is 10.2. The van der Waals surface area contributed by atoms with Gasteiger partial charge < -0.3 is 14.6 Å². The van der Waals surface area contributed by atoms with Crippen LogP contribution in [-0.2, 0) is 10.9 Å².